The van der Waals surface area contributed by atoms with Crippen molar-refractivity contribution in [3.63, 3.8) is 0 Å². The average molecular weight is 1020 g/mol. The molecule has 0 unspecified atom stereocenters. The average Bonchev–Trinajstić information content (AvgIpc) is 3.33. The molecule has 0 bridgehead atoms. The minimum Gasteiger partial charge on any atom is -0.479 e. The molecule has 2 saturated heterocycles. The molecule has 6 fully saturated rings. The quantitative estimate of drug-likeness (QED) is 0.0467. The highest BCUT2D eigenvalue weighted by Gasteiger charge is 2.77. The van der Waals surface area contributed by atoms with Crippen LogP contribution >= 0.6 is 0 Å². The number of carbonyl (C=O) groups excluding carboxylic acids is 3. The van der Waals surface area contributed by atoms with E-state index >= 15 is 0 Å². The van der Waals surface area contributed by atoms with Crippen molar-refractivity contribution in [3.05, 3.63) is 34.9 Å². The van der Waals surface area contributed by atoms with Gasteiger partial charge in [0.05, 0.1) is 49.5 Å². The predicted molar refractivity (Wildman–Crippen MR) is 250 cm³/mol. The zero-order valence-electron chi connectivity index (χ0n) is 43.2. The fraction of sp³-hybridized carbons (Fsp3) is 0.808. The molecule has 72 heavy (non-hydrogen) atoms. The Morgan fingerprint density at radius 3 is 1.94 bits per heavy atom. The van der Waals surface area contributed by atoms with E-state index in [0.29, 0.717) is 31.3 Å². The Bertz CT molecular complexity index is 2190. The summed E-state index contributed by atoms with van der Waals surface area (Å²) in [4.78, 5) is 54.3. The van der Waals surface area contributed by atoms with E-state index < -0.39 is 167 Å². The number of fused-ring (bicyclic) bond motifs is 7. The summed E-state index contributed by atoms with van der Waals surface area (Å²) in [5, 5.41) is 101. The second-order valence-electron chi connectivity index (χ2n) is 23.2. The molecule has 9 N–H and O–H groups in total. The molecule has 0 aromatic carbocycles. The lowest BCUT2D eigenvalue weighted by atomic mass is 9.32. The second kappa shape index (κ2) is 20.0. The van der Waals surface area contributed by atoms with Gasteiger partial charge in [0, 0.05) is 22.0 Å². The Morgan fingerprint density at radius 1 is 0.764 bits per heavy atom. The molecule has 5 aliphatic carbocycles. The van der Waals surface area contributed by atoms with Gasteiger partial charge in [-0.2, -0.15) is 0 Å². The molecule has 7 rings (SSSR count). The van der Waals surface area contributed by atoms with Crippen LogP contribution in [0, 0.1) is 50.2 Å². The van der Waals surface area contributed by atoms with Crippen molar-refractivity contribution in [3.8, 4) is 0 Å². The molecule has 0 radical (unpaired) electrons. The molecule has 0 amide bonds. The van der Waals surface area contributed by atoms with Gasteiger partial charge in [-0.05, 0) is 102 Å². The first-order valence-electron chi connectivity index (χ1n) is 25.2. The summed E-state index contributed by atoms with van der Waals surface area (Å²) in [6.45, 7) is 16.9. The van der Waals surface area contributed by atoms with Crippen LogP contribution < -0.4 is 0 Å². The number of rotatable bonds is 11. The smallest absolute Gasteiger partial charge is 0.335 e. The zero-order valence-corrected chi connectivity index (χ0v) is 43.2. The summed E-state index contributed by atoms with van der Waals surface area (Å²) in [6, 6.07) is 0. The van der Waals surface area contributed by atoms with Crippen molar-refractivity contribution in [2.75, 3.05) is 20.3 Å². The second-order valence-corrected chi connectivity index (χ2v) is 23.2. The first-order chi connectivity index (χ1) is 33.5. The summed E-state index contributed by atoms with van der Waals surface area (Å²) < 4.78 is 41.3. The highest BCUT2D eigenvalue weighted by atomic mass is 16.7. The van der Waals surface area contributed by atoms with Crippen molar-refractivity contribution in [2.45, 2.75) is 194 Å². The highest BCUT2D eigenvalue weighted by molar-refractivity contribution is 5.89. The molecule has 406 valence electrons. The molecule has 0 aromatic rings. The van der Waals surface area contributed by atoms with Crippen LogP contribution in [-0.4, -0.2) is 176 Å². The van der Waals surface area contributed by atoms with Crippen LogP contribution in [0.3, 0.4) is 0 Å². The maximum absolute atomic E-state index is 14.5. The number of carboxylic acids is 1. The maximum atomic E-state index is 14.5. The van der Waals surface area contributed by atoms with Crippen LogP contribution in [0.5, 0.6) is 0 Å². The first kappa shape index (κ1) is 56.3. The number of esters is 3. The van der Waals surface area contributed by atoms with E-state index in [1.807, 2.05) is 20.8 Å². The van der Waals surface area contributed by atoms with Gasteiger partial charge >= 0.3 is 23.9 Å². The number of aliphatic hydroxyl groups excluding tert-OH is 8. The predicted octanol–water partition coefficient (Wildman–Crippen LogP) is 1.59. The number of carboxylic acid groups (broad SMARTS) is 1. The van der Waals surface area contributed by atoms with E-state index in [2.05, 4.69) is 19.9 Å². The topological polar surface area (TPSA) is 315 Å². The number of allylic oxidation sites excluding steroid dienone is 3. The highest BCUT2D eigenvalue weighted by Crippen LogP contribution is 2.76. The third kappa shape index (κ3) is 8.33. The van der Waals surface area contributed by atoms with Crippen LogP contribution in [0.4, 0.5) is 0 Å². The van der Waals surface area contributed by atoms with Gasteiger partial charge in [-0.15, -0.1) is 0 Å². The molecule has 22 atom stereocenters. The van der Waals surface area contributed by atoms with E-state index in [0.717, 1.165) is 5.57 Å². The minimum absolute atomic E-state index is 0.145. The number of ether oxygens (including phenoxy) is 7. The lowest BCUT2D eigenvalue weighted by Crippen LogP contribution is -2.76. The maximum Gasteiger partial charge on any atom is 0.335 e. The van der Waals surface area contributed by atoms with Gasteiger partial charge in [-0.1, -0.05) is 58.4 Å². The largest absolute Gasteiger partial charge is 0.479 e. The summed E-state index contributed by atoms with van der Waals surface area (Å²) >= 11 is 0. The number of hydrogen-bond acceptors (Lipinski definition) is 19. The van der Waals surface area contributed by atoms with Crippen LogP contribution in [-0.2, 0) is 52.3 Å². The van der Waals surface area contributed by atoms with Crippen molar-refractivity contribution in [1.29, 1.82) is 0 Å². The number of methoxy groups -OCH3 is 1. The standard InChI is InChI=1S/C52H78O20/c1-12-23(3)42(63)71-39-40(72-43(64)24(4)13-2)52(22-53)26(20-47(39,5)6)25-14-15-28-48(7)18-17-30(50(9,46(65)66-11)29(48)16-19-49(28,8)51(25,10)37(59)38(52)60)68-45-34(58)35(33(57)36(70-45)41(61)62)69-44-32(56)31(55)27(54)21-67-44/h12-14,26-40,44-45,53-60H,15-22H2,1-11H3,(H,61,62)/b23-12?,24-13+/t26-,27-,28+,29+,30-,31-,32+,33-,34+,35-,36-,37-,38+,39-,40-,44-,45+,48+,49+,50-,51-,52-/m0/s1. The molecular weight excluding hydrogens is 945 g/mol. The Kier molecular flexibility index (Phi) is 15.6. The molecule has 0 spiro atoms. The fourth-order valence-corrected chi connectivity index (χ4v) is 14.8. The van der Waals surface area contributed by atoms with E-state index in [4.69, 9.17) is 33.2 Å². The molecule has 2 aliphatic heterocycles. The summed E-state index contributed by atoms with van der Waals surface area (Å²) in [6.07, 6.45) is -16.1. The molecule has 7 aliphatic rings. The molecule has 20 nitrogen and oxygen atoms in total. The minimum atomic E-state index is -2.04. The Labute approximate surface area is 420 Å². The summed E-state index contributed by atoms with van der Waals surface area (Å²) in [5.41, 5.74) is -5.49. The number of aliphatic carboxylic acids is 1. The van der Waals surface area contributed by atoms with E-state index in [9.17, 15) is 65.1 Å². The van der Waals surface area contributed by atoms with Crippen LogP contribution in [0.25, 0.3) is 0 Å². The zero-order chi connectivity index (χ0) is 53.6. The Hall–Kier alpha value is -3.38. The molecule has 2 heterocycles. The van der Waals surface area contributed by atoms with Crippen LogP contribution in [0.2, 0.25) is 0 Å². The number of aliphatic hydroxyl groups is 8. The van der Waals surface area contributed by atoms with E-state index in [-0.39, 0.29) is 24.3 Å². The van der Waals surface area contributed by atoms with Gasteiger partial charge in [-0.25, -0.2) is 14.4 Å². The molecule has 4 saturated carbocycles. The van der Waals surface area contributed by atoms with Gasteiger partial charge < -0.3 is 79.1 Å². The first-order valence-corrected chi connectivity index (χ1v) is 25.2. The number of carbonyl (C=O) groups is 4. The van der Waals surface area contributed by atoms with Crippen molar-refractivity contribution >= 4 is 23.9 Å². The number of hydrogen-bond donors (Lipinski definition) is 9. The summed E-state index contributed by atoms with van der Waals surface area (Å²) in [7, 11) is 1.24. The van der Waals surface area contributed by atoms with Gasteiger partial charge in [-0.3, -0.25) is 4.79 Å². The molecule has 0 aromatic heterocycles. The summed E-state index contributed by atoms with van der Waals surface area (Å²) in [5.74, 6) is -5.15. The van der Waals surface area contributed by atoms with Crippen LogP contribution in [0.1, 0.15) is 108 Å². The monoisotopic (exact) mass is 1020 g/mol. The van der Waals surface area contributed by atoms with E-state index in [1.54, 1.807) is 46.8 Å². The van der Waals surface area contributed by atoms with Crippen molar-refractivity contribution in [2.24, 2.45) is 50.2 Å². The normalized spacial score (nSPS) is 48.1. The third-order valence-corrected chi connectivity index (χ3v) is 19.5. The fourth-order valence-electron chi connectivity index (χ4n) is 14.8. The lowest BCUT2D eigenvalue weighted by molar-refractivity contribution is -0.357. The molecule has 20 heteroatoms. The SMILES string of the molecule is CC=C(C)C(=O)O[C@H]1[C@H](OC(=O)/C(C)=C/C)[C@]2(CO)[C@H](O)[C@H](O)[C@]3(C)C(=CC[C@@H]4[C@@]5(C)CC[C@H](O[C@@H]6O[C@H](C(=O)O)[C@@H](O)[C@H](O[C@@H]7OC[C@H](O)[C@H](O)[C@H]7O)[C@H]6O)[C@@](C)(C(=O)OC)[C@@H]5CC[C@]43C)[C@@H]2CC1(C)C. The Balaban J connectivity index is 1.25. The lowest BCUT2D eigenvalue weighted by Gasteiger charge is -2.73. The van der Waals surface area contributed by atoms with Gasteiger partial charge in [0.25, 0.3) is 0 Å². The van der Waals surface area contributed by atoms with Crippen LogP contribution in [0.15, 0.2) is 34.9 Å². The van der Waals surface area contributed by atoms with Crippen molar-refractivity contribution in [1.82, 2.24) is 0 Å². The molecular formula is C52H78O20. The Morgan fingerprint density at radius 2 is 1.38 bits per heavy atom. The van der Waals surface area contributed by atoms with Gasteiger partial charge in [0.2, 0.25) is 0 Å². The third-order valence-electron chi connectivity index (χ3n) is 19.5. The van der Waals surface area contributed by atoms with Gasteiger partial charge in [0.1, 0.15) is 42.7 Å². The van der Waals surface area contributed by atoms with Crippen molar-refractivity contribution < 1.29 is 98.3 Å². The van der Waals surface area contributed by atoms with E-state index in [1.165, 1.54) is 7.11 Å². The van der Waals surface area contributed by atoms with Gasteiger partial charge in [0.15, 0.2) is 24.8 Å².